The van der Waals surface area contributed by atoms with Crippen molar-refractivity contribution in [1.82, 2.24) is 9.55 Å². The van der Waals surface area contributed by atoms with Crippen LogP contribution in [0.1, 0.15) is 19.1 Å². The van der Waals surface area contributed by atoms with E-state index in [0.717, 1.165) is 12.3 Å². The summed E-state index contributed by atoms with van der Waals surface area (Å²) in [5.74, 6) is -6.20. The van der Waals surface area contributed by atoms with Crippen LogP contribution in [-0.2, 0) is 28.5 Å². The minimum Gasteiger partial charge on any atom is -0.453 e. The van der Waals surface area contributed by atoms with Gasteiger partial charge in [-0.1, -0.05) is 18.2 Å². The molecule has 0 bridgehead atoms. The van der Waals surface area contributed by atoms with E-state index in [0.29, 0.717) is 10.3 Å². The molecule has 1 aromatic heterocycles. The van der Waals surface area contributed by atoms with Crippen molar-refractivity contribution in [2.24, 2.45) is 0 Å². The summed E-state index contributed by atoms with van der Waals surface area (Å²) in [5.41, 5.74) is -0.732. The molecular weight excluding hydrogens is 514 g/mol. The third kappa shape index (κ3) is 7.08. The van der Waals surface area contributed by atoms with Crippen LogP contribution in [0.2, 0.25) is 0 Å². The second-order valence-electron chi connectivity index (χ2n) is 7.95. The second-order valence-corrected chi connectivity index (χ2v) is 7.95. The molecule has 3 atom stereocenters. The molecular formula is C23H26F2N4O9. The molecule has 3 N–H and O–H groups in total. The van der Waals surface area contributed by atoms with Crippen LogP contribution in [0.25, 0.3) is 0 Å². The summed E-state index contributed by atoms with van der Waals surface area (Å²) >= 11 is 0. The number of amides is 2. The molecule has 2 aromatic rings. The molecule has 38 heavy (non-hydrogen) atoms. The Morgan fingerprint density at radius 1 is 1.13 bits per heavy atom. The highest BCUT2D eigenvalue weighted by atomic mass is 19.3. The number of carbonyl (C=O) groups is 3. The lowest BCUT2D eigenvalue weighted by atomic mass is 10.1. The number of rotatable bonds is 11. The number of hydrogen-bond acceptors (Lipinski definition) is 10. The number of alkyl halides is 2. The molecule has 13 nitrogen and oxygen atoms in total. The van der Waals surface area contributed by atoms with Crippen LogP contribution in [0.4, 0.5) is 25.1 Å². The van der Waals surface area contributed by atoms with Gasteiger partial charge in [-0.15, -0.1) is 0 Å². The highest BCUT2D eigenvalue weighted by Crippen LogP contribution is 2.44. The van der Waals surface area contributed by atoms with Crippen LogP contribution in [0.15, 0.2) is 47.4 Å². The van der Waals surface area contributed by atoms with Crippen molar-refractivity contribution in [2.45, 2.75) is 37.2 Å². The third-order valence-electron chi connectivity index (χ3n) is 5.27. The number of carbonyl (C=O) groups excluding carboxylic acids is 3. The molecule has 1 saturated heterocycles. The number of anilines is 2. The van der Waals surface area contributed by atoms with Gasteiger partial charge in [0.15, 0.2) is 6.10 Å². The molecule has 0 aliphatic carbocycles. The minimum absolute atomic E-state index is 0.0690. The van der Waals surface area contributed by atoms with Gasteiger partial charge in [0.25, 0.3) is 0 Å². The number of benzene rings is 1. The fourth-order valence-electron chi connectivity index (χ4n) is 3.51. The SMILES string of the molecule is COCCOC(=O)Nc1ccnc(=O)n1[C@@H]1O[C@H](CO)[C@@H](OC(=O)CCC(=O)Nc2ccccc2)C1(F)F. The predicted molar refractivity (Wildman–Crippen MR) is 125 cm³/mol. The molecule has 1 aliphatic rings. The lowest BCUT2D eigenvalue weighted by molar-refractivity contribution is -0.176. The van der Waals surface area contributed by atoms with Gasteiger partial charge in [-0.2, -0.15) is 8.78 Å². The van der Waals surface area contributed by atoms with E-state index in [1.54, 1.807) is 30.3 Å². The van der Waals surface area contributed by atoms with Gasteiger partial charge in [0, 0.05) is 25.4 Å². The first-order valence-electron chi connectivity index (χ1n) is 11.4. The monoisotopic (exact) mass is 540 g/mol. The van der Waals surface area contributed by atoms with E-state index in [1.807, 2.05) is 0 Å². The van der Waals surface area contributed by atoms with Gasteiger partial charge >= 0.3 is 23.7 Å². The molecule has 15 heteroatoms. The van der Waals surface area contributed by atoms with Gasteiger partial charge in [0.2, 0.25) is 12.1 Å². The number of esters is 1. The number of nitrogens with one attached hydrogen (secondary N) is 2. The molecule has 0 spiro atoms. The van der Waals surface area contributed by atoms with Gasteiger partial charge in [-0.25, -0.2) is 19.1 Å². The molecule has 3 rings (SSSR count). The zero-order valence-electron chi connectivity index (χ0n) is 20.2. The standard InChI is InChI=1S/C23H26F2N4O9/c1-35-11-12-36-22(34)28-16-9-10-26-21(33)29(16)20-23(24,25)19(15(13-30)37-20)38-18(32)8-7-17(31)27-14-5-3-2-4-6-14/h2-6,9-10,15,19-20,30H,7-8,11-13H2,1H3,(H,27,31)(H,28,34)/t15-,19-,20-/m1/s1. The number of hydrogen-bond donors (Lipinski definition) is 3. The third-order valence-corrected chi connectivity index (χ3v) is 5.27. The van der Waals surface area contributed by atoms with Crippen molar-refractivity contribution in [3.8, 4) is 0 Å². The van der Waals surface area contributed by atoms with Crippen LogP contribution < -0.4 is 16.3 Å². The average Bonchev–Trinajstić information content (AvgIpc) is 3.13. The number of para-hydroxylation sites is 1. The zero-order chi connectivity index (χ0) is 27.7. The Kier molecular flexibility index (Phi) is 9.81. The number of methoxy groups -OCH3 is 1. The van der Waals surface area contributed by atoms with Crippen molar-refractivity contribution < 1.29 is 47.2 Å². The molecule has 0 radical (unpaired) electrons. The van der Waals surface area contributed by atoms with Crippen molar-refractivity contribution >= 4 is 29.5 Å². The Balaban J connectivity index is 1.70. The topological polar surface area (TPSA) is 167 Å². The largest absolute Gasteiger partial charge is 0.453 e. The van der Waals surface area contributed by atoms with E-state index in [4.69, 9.17) is 18.9 Å². The smallest absolute Gasteiger partial charge is 0.412 e. The predicted octanol–water partition coefficient (Wildman–Crippen LogP) is 1.29. The van der Waals surface area contributed by atoms with Gasteiger partial charge in [0.05, 0.1) is 19.6 Å². The normalized spacial score (nSPS) is 19.9. The van der Waals surface area contributed by atoms with Crippen molar-refractivity contribution in [3.63, 3.8) is 0 Å². The summed E-state index contributed by atoms with van der Waals surface area (Å²) < 4.78 is 50.9. The highest BCUT2D eigenvalue weighted by Gasteiger charge is 2.62. The molecule has 0 unspecified atom stereocenters. The summed E-state index contributed by atoms with van der Waals surface area (Å²) in [6, 6.07) is 9.43. The van der Waals surface area contributed by atoms with E-state index < -0.39 is 66.9 Å². The Labute approximate surface area is 214 Å². The van der Waals surface area contributed by atoms with E-state index in [-0.39, 0.29) is 19.6 Å². The maximum atomic E-state index is 15.4. The van der Waals surface area contributed by atoms with Crippen LogP contribution >= 0.6 is 0 Å². The number of halogens is 2. The van der Waals surface area contributed by atoms with Crippen LogP contribution in [0.5, 0.6) is 0 Å². The summed E-state index contributed by atoms with van der Waals surface area (Å²) in [5, 5.41) is 14.3. The lowest BCUT2D eigenvalue weighted by Crippen LogP contribution is -2.45. The van der Waals surface area contributed by atoms with Gasteiger partial charge < -0.3 is 29.4 Å². The molecule has 2 heterocycles. The van der Waals surface area contributed by atoms with Crippen LogP contribution in [-0.4, -0.2) is 77.7 Å². The number of aliphatic hydroxyl groups is 1. The van der Waals surface area contributed by atoms with E-state index >= 15 is 8.78 Å². The Morgan fingerprint density at radius 3 is 2.55 bits per heavy atom. The fraction of sp³-hybridized carbons (Fsp3) is 0.435. The minimum atomic E-state index is -4.06. The second kappa shape index (κ2) is 13.0. The van der Waals surface area contributed by atoms with Crippen LogP contribution in [0, 0.1) is 0 Å². The summed E-state index contributed by atoms with van der Waals surface area (Å²) in [6.07, 6.45) is -7.45. The average molecular weight is 540 g/mol. The van der Waals surface area contributed by atoms with E-state index in [2.05, 4.69) is 15.6 Å². The number of aliphatic hydroxyl groups excluding tert-OH is 1. The Bertz CT molecular complexity index is 1180. The summed E-state index contributed by atoms with van der Waals surface area (Å²) in [7, 11) is 1.38. The molecule has 1 fully saturated rings. The van der Waals surface area contributed by atoms with Crippen LogP contribution in [0.3, 0.4) is 0 Å². The number of ether oxygens (including phenoxy) is 4. The summed E-state index contributed by atoms with van der Waals surface area (Å²) in [4.78, 5) is 52.2. The number of aromatic nitrogens is 2. The Hall–Kier alpha value is -3.95. The quantitative estimate of drug-likeness (QED) is 0.279. The molecule has 1 aromatic carbocycles. The van der Waals surface area contributed by atoms with Gasteiger partial charge in [-0.3, -0.25) is 14.9 Å². The van der Waals surface area contributed by atoms with Gasteiger partial charge in [0.1, 0.15) is 18.5 Å². The van der Waals surface area contributed by atoms with E-state index in [1.165, 1.54) is 7.11 Å². The van der Waals surface area contributed by atoms with Crippen molar-refractivity contribution in [3.05, 3.63) is 53.1 Å². The molecule has 2 amide bonds. The molecule has 0 saturated carbocycles. The van der Waals surface area contributed by atoms with Gasteiger partial charge in [-0.05, 0) is 18.2 Å². The van der Waals surface area contributed by atoms with E-state index in [9.17, 15) is 24.3 Å². The number of nitrogens with zero attached hydrogens (tertiary/aromatic N) is 2. The zero-order valence-corrected chi connectivity index (χ0v) is 20.2. The highest BCUT2D eigenvalue weighted by molar-refractivity contribution is 5.92. The first kappa shape index (κ1) is 28.6. The first-order valence-corrected chi connectivity index (χ1v) is 11.4. The van der Waals surface area contributed by atoms with Crippen molar-refractivity contribution in [2.75, 3.05) is 37.6 Å². The molecule has 1 aliphatic heterocycles. The maximum absolute atomic E-state index is 15.4. The molecule has 206 valence electrons. The van der Waals surface area contributed by atoms with Crippen molar-refractivity contribution in [1.29, 1.82) is 0 Å². The lowest BCUT2D eigenvalue weighted by Gasteiger charge is -2.25. The maximum Gasteiger partial charge on any atom is 0.412 e. The summed E-state index contributed by atoms with van der Waals surface area (Å²) in [6.45, 7) is -1.07. The fourth-order valence-corrected chi connectivity index (χ4v) is 3.51. The Morgan fingerprint density at radius 2 is 1.87 bits per heavy atom. The first-order chi connectivity index (χ1) is 18.2.